The topological polar surface area (TPSA) is 167 Å². The molecule has 0 saturated heterocycles. The van der Waals surface area contributed by atoms with Crippen molar-refractivity contribution in [3.63, 3.8) is 0 Å². The van der Waals surface area contributed by atoms with E-state index in [0.717, 1.165) is 73.5 Å². The third-order valence-corrected chi connectivity index (χ3v) is 10.3. The zero-order valence-electron chi connectivity index (χ0n) is 50.7. The fourth-order valence-electron chi connectivity index (χ4n) is 6.23. The molecule has 10 nitrogen and oxygen atoms in total. The number of aliphatic imine (C=N–C) groups is 4. The van der Waals surface area contributed by atoms with Crippen LogP contribution in [0, 0.1) is 6.57 Å². The molecule has 0 bridgehead atoms. The maximum atomic E-state index is 6.85. The molecular weight excluding hydrogens is 1010 g/mol. The van der Waals surface area contributed by atoms with E-state index in [9.17, 15) is 0 Å². The zero-order valence-corrected chi connectivity index (χ0v) is 50.7. The molecule has 8 aromatic carbocycles. The van der Waals surface area contributed by atoms with Crippen molar-refractivity contribution >= 4 is 76.0 Å². The Bertz CT molecular complexity index is 2940. The summed E-state index contributed by atoms with van der Waals surface area (Å²) in [6.07, 6.45) is 18.7. The van der Waals surface area contributed by atoms with E-state index >= 15 is 0 Å². The summed E-state index contributed by atoms with van der Waals surface area (Å²) in [6.45, 7) is 26.1. The van der Waals surface area contributed by atoms with Gasteiger partial charge in [0.1, 0.15) is 5.75 Å². The first kappa shape index (κ1) is 70.9. The Morgan fingerprint density at radius 2 is 0.659 bits per heavy atom. The SMILES string of the molecule is CCC.CCC.CCC.CCC.CCCCCCc1ccc(N=Cc2ccc(N)cc2)cc1.COc1ccc(C=Nc2ccc(N)cc2)cc1.Nc1ccc(N=Cc2ccccc2)cc1.[C-]#[N+]c1ccc(C=Nc2ccc(N)cc2)cc1. The Kier molecular flexibility index (Phi) is 40.5. The fraction of sp³-hybridized carbons (Fsp3) is 0.264. The van der Waals surface area contributed by atoms with Crippen LogP contribution in [0.3, 0.4) is 0 Å². The molecule has 8 rings (SSSR count). The van der Waals surface area contributed by atoms with Crippen LogP contribution in [0.4, 0.5) is 51.2 Å². The van der Waals surface area contributed by atoms with Gasteiger partial charge in [0.15, 0.2) is 5.69 Å². The van der Waals surface area contributed by atoms with Crippen molar-refractivity contribution < 1.29 is 4.74 Å². The second-order valence-electron chi connectivity index (χ2n) is 18.7. The minimum atomic E-state index is 0.634. The van der Waals surface area contributed by atoms with Crippen molar-refractivity contribution in [1.29, 1.82) is 0 Å². The molecule has 0 fully saturated rings. The van der Waals surface area contributed by atoms with Gasteiger partial charge in [0.2, 0.25) is 0 Å². The lowest BCUT2D eigenvalue weighted by Gasteiger charge is -2.02. The first-order valence-corrected chi connectivity index (χ1v) is 28.7. The van der Waals surface area contributed by atoms with E-state index in [2.05, 4.69) is 111 Å². The molecule has 0 heterocycles. The maximum Gasteiger partial charge on any atom is 0.187 e. The Labute approximate surface area is 493 Å². The van der Waals surface area contributed by atoms with Gasteiger partial charge in [0.25, 0.3) is 0 Å². The fourth-order valence-corrected chi connectivity index (χ4v) is 6.23. The van der Waals surface area contributed by atoms with Crippen molar-refractivity contribution in [3.05, 3.63) is 239 Å². The van der Waals surface area contributed by atoms with E-state index in [1.165, 1.54) is 63.4 Å². The van der Waals surface area contributed by atoms with Gasteiger partial charge in [-0.25, -0.2) is 4.85 Å². The number of nitrogens with two attached hydrogens (primary N) is 4. The molecule has 432 valence electrons. The molecule has 0 spiro atoms. The van der Waals surface area contributed by atoms with Crippen LogP contribution >= 0.6 is 0 Å². The van der Waals surface area contributed by atoms with Crippen LogP contribution in [0.25, 0.3) is 4.85 Å². The molecule has 0 amide bonds. The number of hydrogen-bond donors (Lipinski definition) is 4. The molecule has 8 N–H and O–H groups in total. The van der Waals surface area contributed by atoms with Crippen LogP contribution in [-0.2, 0) is 6.42 Å². The van der Waals surface area contributed by atoms with Gasteiger partial charge in [-0.2, -0.15) is 0 Å². The minimum Gasteiger partial charge on any atom is -0.497 e. The summed E-state index contributed by atoms with van der Waals surface area (Å²) in [4.78, 5) is 20.8. The number of methoxy groups -OCH3 is 1. The highest BCUT2D eigenvalue weighted by atomic mass is 16.5. The average molecular weight is 1100 g/mol. The third kappa shape index (κ3) is 35.4. The van der Waals surface area contributed by atoms with Crippen LogP contribution in [0.15, 0.2) is 220 Å². The number of nitrogen functional groups attached to an aromatic ring is 4. The predicted octanol–water partition coefficient (Wildman–Crippen LogP) is 20.4. The lowest BCUT2D eigenvalue weighted by Crippen LogP contribution is -1.86. The number of unbranched alkanes of at least 4 members (excludes halogenated alkanes) is 3. The van der Waals surface area contributed by atoms with E-state index in [4.69, 9.17) is 34.2 Å². The molecule has 0 atom stereocenters. The van der Waals surface area contributed by atoms with Crippen LogP contribution in [0.2, 0.25) is 0 Å². The quantitative estimate of drug-likeness (QED) is 0.0367. The Morgan fingerprint density at radius 1 is 0.366 bits per heavy atom. The van der Waals surface area contributed by atoms with Gasteiger partial charge in [-0.1, -0.05) is 186 Å². The first-order chi connectivity index (χ1) is 39.8. The van der Waals surface area contributed by atoms with Gasteiger partial charge in [0, 0.05) is 47.6 Å². The molecule has 82 heavy (non-hydrogen) atoms. The number of rotatable bonds is 14. The number of nitrogens with zero attached hydrogens (tertiary/aromatic N) is 5. The van der Waals surface area contributed by atoms with E-state index in [1.807, 2.05) is 182 Å². The number of aryl methyl sites for hydroxylation is 1. The highest BCUT2D eigenvalue weighted by Gasteiger charge is 1.97. The molecule has 8 aromatic rings. The van der Waals surface area contributed by atoms with Crippen LogP contribution in [0.1, 0.15) is 141 Å². The van der Waals surface area contributed by atoms with Gasteiger partial charge >= 0.3 is 0 Å². The van der Waals surface area contributed by atoms with Crippen molar-refractivity contribution in [1.82, 2.24) is 0 Å². The van der Waals surface area contributed by atoms with Gasteiger partial charge < -0.3 is 27.7 Å². The molecule has 0 unspecified atom stereocenters. The van der Waals surface area contributed by atoms with Gasteiger partial charge in [0.05, 0.1) is 36.4 Å². The minimum absolute atomic E-state index is 0.634. The lowest BCUT2D eigenvalue weighted by molar-refractivity contribution is 0.415. The summed E-state index contributed by atoms with van der Waals surface area (Å²) in [5, 5.41) is 0. The molecule has 10 heteroatoms. The molecule has 0 radical (unpaired) electrons. The van der Waals surface area contributed by atoms with Crippen molar-refractivity contribution in [2.45, 2.75) is 120 Å². The van der Waals surface area contributed by atoms with Crippen molar-refractivity contribution in [3.8, 4) is 5.75 Å². The normalized spacial score (nSPS) is 10.0. The summed E-state index contributed by atoms with van der Waals surface area (Å²) >= 11 is 0. The number of anilines is 4. The second kappa shape index (κ2) is 46.8. The predicted molar refractivity (Wildman–Crippen MR) is 363 cm³/mol. The van der Waals surface area contributed by atoms with Crippen molar-refractivity contribution in [2.24, 2.45) is 20.0 Å². The summed E-state index contributed by atoms with van der Waals surface area (Å²) in [5.74, 6) is 0.842. The smallest absolute Gasteiger partial charge is 0.187 e. The van der Waals surface area contributed by atoms with Gasteiger partial charge in [-0.05, 0) is 162 Å². The van der Waals surface area contributed by atoms with Gasteiger partial charge in [-0.3, -0.25) is 20.0 Å². The second-order valence-corrected chi connectivity index (χ2v) is 18.7. The highest BCUT2D eigenvalue weighted by molar-refractivity contribution is 5.84. The molecule has 0 aliphatic rings. The maximum absolute atomic E-state index is 6.85. The highest BCUT2D eigenvalue weighted by Crippen LogP contribution is 2.19. The van der Waals surface area contributed by atoms with E-state index < -0.39 is 0 Å². The molecule has 0 aliphatic carbocycles. The molecule has 0 aromatic heterocycles. The molecule has 0 saturated carbocycles. The number of hydrogen-bond acceptors (Lipinski definition) is 9. The molecule has 0 aliphatic heterocycles. The van der Waals surface area contributed by atoms with E-state index in [-0.39, 0.29) is 0 Å². The Morgan fingerprint density at radius 3 is 0.976 bits per heavy atom. The number of benzene rings is 8. The molecular formula is C72H93N9O. The first-order valence-electron chi connectivity index (χ1n) is 28.7. The Hall–Kier alpha value is -9.07. The monoisotopic (exact) mass is 1100 g/mol. The van der Waals surface area contributed by atoms with Crippen molar-refractivity contribution in [2.75, 3.05) is 30.0 Å². The largest absolute Gasteiger partial charge is 0.497 e. The summed E-state index contributed by atoms with van der Waals surface area (Å²) < 4.78 is 5.09. The third-order valence-electron chi connectivity index (χ3n) is 10.3. The average Bonchev–Trinajstić information content (AvgIpc) is 3.51. The van der Waals surface area contributed by atoms with Crippen LogP contribution in [-0.4, -0.2) is 32.0 Å². The van der Waals surface area contributed by atoms with E-state index in [1.54, 1.807) is 25.5 Å². The number of ether oxygens (including phenoxy) is 1. The lowest BCUT2D eigenvalue weighted by atomic mass is 10.1. The van der Waals surface area contributed by atoms with Gasteiger partial charge in [-0.15, -0.1) is 0 Å². The summed E-state index contributed by atoms with van der Waals surface area (Å²) in [7, 11) is 1.65. The zero-order chi connectivity index (χ0) is 60.4. The summed E-state index contributed by atoms with van der Waals surface area (Å²) in [6, 6.07) is 63.5. The summed E-state index contributed by atoms with van der Waals surface area (Å²) in [5.41, 5.74) is 35.3. The van der Waals surface area contributed by atoms with Crippen LogP contribution in [0.5, 0.6) is 5.75 Å². The standard InChI is InChI=1S/C19H24N2.C14H11N3.C14H14N2O.C13H12N2.4C3H8/c1-2-3-4-5-6-16-9-13-19(14-10-16)21-15-17-7-11-18(20)12-8-17;1-16-13-6-2-11(3-7-13)10-17-14-8-4-12(15)5-9-14;1-17-14-8-2-11(3-9-14)10-16-13-6-4-12(15)5-7-13;14-12-6-8-13(9-7-12)15-10-11-4-2-1-3-5-11;4*1-3-2/h7-15H,2-6,20H2,1H3;2-10H,15H2;2-10H,15H2,1H3;1-10H,14H2;4*3H2,1-2H3. The van der Waals surface area contributed by atoms with E-state index in [0.29, 0.717) is 5.69 Å². The Balaban J connectivity index is 0.000000514. The van der Waals surface area contributed by atoms with Crippen LogP contribution < -0.4 is 27.7 Å².